The molecule has 0 fully saturated rings. The summed E-state index contributed by atoms with van der Waals surface area (Å²) < 4.78 is 10.4. The average Bonchev–Trinajstić information content (AvgIpc) is 3.06. The number of furan rings is 1. The van der Waals surface area contributed by atoms with Gasteiger partial charge >= 0.3 is 5.97 Å². The van der Waals surface area contributed by atoms with Crippen LogP contribution < -0.4 is 10.1 Å². The van der Waals surface area contributed by atoms with Crippen LogP contribution in [0.1, 0.15) is 48.7 Å². The molecule has 2 aromatic rings. The summed E-state index contributed by atoms with van der Waals surface area (Å²) in [4.78, 5) is 23.5. The van der Waals surface area contributed by atoms with Gasteiger partial charge in [-0.2, -0.15) is 0 Å². The Kier molecular flexibility index (Phi) is 5.97. The number of hydrogen-bond acceptors (Lipinski definition) is 4. The van der Waals surface area contributed by atoms with Crippen molar-refractivity contribution in [2.75, 3.05) is 6.54 Å². The van der Waals surface area contributed by atoms with Gasteiger partial charge in [-0.25, -0.2) is 0 Å². The van der Waals surface area contributed by atoms with E-state index in [0.717, 1.165) is 5.56 Å². The van der Waals surface area contributed by atoms with E-state index in [1.54, 1.807) is 18.2 Å². The number of carbonyl (C=O) groups is 2. The van der Waals surface area contributed by atoms with Gasteiger partial charge in [0.2, 0.25) is 0 Å². The molecule has 0 saturated heterocycles. The van der Waals surface area contributed by atoms with Crippen LogP contribution in [0.2, 0.25) is 0 Å². The lowest BCUT2D eigenvalue weighted by atomic mass is 10.0. The molecule has 5 heteroatoms. The van der Waals surface area contributed by atoms with Crippen molar-refractivity contribution in [2.45, 2.75) is 32.6 Å². The van der Waals surface area contributed by atoms with Gasteiger partial charge in [0.1, 0.15) is 5.75 Å². The topological polar surface area (TPSA) is 68.5 Å². The van der Waals surface area contributed by atoms with E-state index < -0.39 is 0 Å². The van der Waals surface area contributed by atoms with Crippen molar-refractivity contribution in [1.29, 1.82) is 0 Å². The maximum atomic E-state index is 11.9. The number of hydrogen-bond donors (Lipinski definition) is 1. The van der Waals surface area contributed by atoms with Gasteiger partial charge in [-0.3, -0.25) is 9.59 Å². The lowest BCUT2D eigenvalue weighted by molar-refractivity contribution is -0.134. The van der Waals surface area contributed by atoms with Gasteiger partial charge in [-0.15, -0.1) is 0 Å². The number of rotatable bonds is 7. The quantitative estimate of drug-likeness (QED) is 0.482. The van der Waals surface area contributed by atoms with E-state index in [1.165, 1.54) is 6.26 Å². The van der Waals surface area contributed by atoms with Crippen LogP contribution in [0, 0.1) is 0 Å². The molecule has 0 saturated carbocycles. The van der Waals surface area contributed by atoms with Gasteiger partial charge in [0, 0.05) is 13.0 Å². The third kappa shape index (κ3) is 4.98. The molecule has 5 nitrogen and oxygen atoms in total. The Morgan fingerprint density at radius 2 is 1.96 bits per heavy atom. The van der Waals surface area contributed by atoms with Crippen LogP contribution in [0.3, 0.4) is 0 Å². The highest BCUT2D eigenvalue weighted by atomic mass is 16.5. The fraction of sp³-hybridized carbons (Fsp3) is 0.333. The van der Waals surface area contributed by atoms with Crippen molar-refractivity contribution in [3.63, 3.8) is 0 Å². The van der Waals surface area contributed by atoms with Crippen LogP contribution in [0.15, 0.2) is 47.1 Å². The second-order valence-corrected chi connectivity index (χ2v) is 5.50. The zero-order valence-corrected chi connectivity index (χ0v) is 13.4. The molecule has 23 heavy (non-hydrogen) atoms. The zero-order chi connectivity index (χ0) is 16.7. The van der Waals surface area contributed by atoms with Crippen LogP contribution in [0.4, 0.5) is 0 Å². The van der Waals surface area contributed by atoms with Gasteiger partial charge in [-0.05, 0) is 36.1 Å². The predicted molar refractivity (Wildman–Crippen MR) is 86.4 cm³/mol. The van der Waals surface area contributed by atoms with Crippen LogP contribution in [-0.4, -0.2) is 18.4 Å². The van der Waals surface area contributed by atoms with Crippen LogP contribution in [0.5, 0.6) is 5.75 Å². The van der Waals surface area contributed by atoms with Crippen LogP contribution >= 0.6 is 0 Å². The van der Waals surface area contributed by atoms with Crippen LogP contribution in [0.25, 0.3) is 0 Å². The molecule has 2 rings (SSSR count). The SMILES string of the molecule is CC(C)c1ccccc1OC(=O)CCCNC(=O)c1ccco1. The van der Waals surface area contributed by atoms with Gasteiger partial charge in [-0.1, -0.05) is 32.0 Å². The van der Waals surface area contributed by atoms with E-state index in [9.17, 15) is 9.59 Å². The van der Waals surface area contributed by atoms with Gasteiger partial charge in [0.15, 0.2) is 5.76 Å². The molecule has 1 aromatic heterocycles. The van der Waals surface area contributed by atoms with Gasteiger partial charge in [0.25, 0.3) is 5.91 Å². The standard InChI is InChI=1S/C18H21NO4/c1-13(2)14-7-3-4-8-15(14)23-17(20)10-5-11-19-18(21)16-9-6-12-22-16/h3-4,6-9,12-13H,5,10-11H2,1-2H3,(H,19,21). The Hall–Kier alpha value is -2.56. The molecule has 0 unspecified atom stereocenters. The third-order valence-electron chi connectivity index (χ3n) is 3.35. The maximum Gasteiger partial charge on any atom is 0.311 e. The predicted octanol–water partition coefficient (Wildman–Crippen LogP) is 3.52. The second kappa shape index (κ2) is 8.17. The molecule has 122 valence electrons. The highest BCUT2D eigenvalue weighted by Crippen LogP contribution is 2.26. The molecule has 0 aliphatic rings. The highest BCUT2D eigenvalue weighted by molar-refractivity contribution is 5.91. The number of esters is 1. The normalized spacial score (nSPS) is 10.6. The maximum absolute atomic E-state index is 11.9. The fourth-order valence-corrected chi connectivity index (χ4v) is 2.15. The summed E-state index contributed by atoms with van der Waals surface area (Å²) in [5.41, 5.74) is 1.01. The van der Waals surface area contributed by atoms with E-state index in [1.807, 2.05) is 18.2 Å². The zero-order valence-electron chi connectivity index (χ0n) is 13.4. The van der Waals surface area contributed by atoms with Crippen LogP contribution in [-0.2, 0) is 4.79 Å². The van der Waals surface area contributed by atoms with Crippen molar-refractivity contribution < 1.29 is 18.7 Å². The second-order valence-electron chi connectivity index (χ2n) is 5.50. The molecule has 0 radical (unpaired) electrons. The summed E-state index contributed by atoms with van der Waals surface area (Å²) in [6, 6.07) is 10.8. The number of ether oxygens (including phenoxy) is 1. The van der Waals surface area contributed by atoms with Crippen molar-refractivity contribution in [1.82, 2.24) is 5.32 Å². The largest absolute Gasteiger partial charge is 0.459 e. The summed E-state index contributed by atoms with van der Waals surface area (Å²) >= 11 is 0. The Balaban J connectivity index is 1.74. The summed E-state index contributed by atoms with van der Waals surface area (Å²) in [6.45, 7) is 4.49. The lowest BCUT2D eigenvalue weighted by Gasteiger charge is -2.12. The minimum atomic E-state index is -0.301. The van der Waals surface area contributed by atoms with Crippen molar-refractivity contribution >= 4 is 11.9 Å². The Morgan fingerprint density at radius 1 is 1.17 bits per heavy atom. The van der Waals surface area contributed by atoms with E-state index in [-0.39, 0.29) is 30.0 Å². The first kappa shape index (κ1) is 16.8. The fourth-order valence-electron chi connectivity index (χ4n) is 2.15. The first-order valence-electron chi connectivity index (χ1n) is 7.69. The monoisotopic (exact) mass is 315 g/mol. The van der Waals surface area contributed by atoms with Crippen molar-refractivity contribution in [2.24, 2.45) is 0 Å². The molecule has 1 amide bonds. The Morgan fingerprint density at radius 3 is 2.65 bits per heavy atom. The van der Waals surface area contributed by atoms with Crippen molar-refractivity contribution in [3.05, 3.63) is 54.0 Å². The summed E-state index contributed by atoms with van der Waals surface area (Å²) in [6.07, 6.45) is 2.19. The first-order valence-corrected chi connectivity index (χ1v) is 7.69. The molecule has 0 aliphatic carbocycles. The van der Waals surface area contributed by atoms with Crippen molar-refractivity contribution in [3.8, 4) is 5.75 Å². The van der Waals surface area contributed by atoms with E-state index in [0.29, 0.717) is 18.7 Å². The first-order chi connectivity index (χ1) is 11.1. The number of carbonyl (C=O) groups excluding carboxylic acids is 2. The average molecular weight is 315 g/mol. The molecule has 0 aliphatic heterocycles. The minimum absolute atomic E-state index is 0.241. The summed E-state index contributed by atoms with van der Waals surface area (Å²) in [5.74, 6) is 0.566. The summed E-state index contributed by atoms with van der Waals surface area (Å²) in [7, 11) is 0. The lowest BCUT2D eigenvalue weighted by Crippen LogP contribution is -2.24. The molecule has 0 spiro atoms. The molecule has 1 N–H and O–H groups in total. The molecular formula is C18H21NO4. The number of para-hydroxylation sites is 1. The highest BCUT2D eigenvalue weighted by Gasteiger charge is 2.12. The molecule has 1 heterocycles. The molecule has 0 bridgehead atoms. The number of nitrogens with one attached hydrogen (secondary N) is 1. The summed E-state index contributed by atoms with van der Waals surface area (Å²) in [5, 5.41) is 2.69. The molecule has 1 aromatic carbocycles. The third-order valence-corrected chi connectivity index (χ3v) is 3.35. The Bertz CT molecular complexity index is 647. The smallest absolute Gasteiger partial charge is 0.311 e. The van der Waals surface area contributed by atoms with E-state index in [2.05, 4.69) is 19.2 Å². The van der Waals surface area contributed by atoms with Gasteiger partial charge in [0.05, 0.1) is 6.26 Å². The van der Waals surface area contributed by atoms with Gasteiger partial charge < -0.3 is 14.5 Å². The number of amides is 1. The van der Waals surface area contributed by atoms with E-state index >= 15 is 0 Å². The molecule has 0 atom stereocenters. The number of benzene rings is 1. The van der Waals surface area contributed by atoms with E-state index in [4.69, 9.17) is 9.15 Å². The minimum Gasteiger partial charge on any atom is -0.459 e. The Labute approximate surface area is 135 Å². The molecular weight excluding hydrogens is 294 g/mol.